The van der Waals surface area contributed by atoms with E-state index in [9.17, 15) is 4.79 Å². The van der Waals surface area contributed by atoms with Gasteiger partial charge in [0.05, 0.1) is 0 Å². The van der Waals surface area contributed by atoms with Gasteiger partial charge in [-0.25, -0.2) is 4.99 Å². The molecule has 2 N–H and O–H groups in total. The normalized spacial score (nSPS) is 23.4. The van der Waals surface area contributed by atoms with Gasteiger partial charge in [-0.05, 0) is 31.4 Å². The molecule has 2 aliphatic heterocycles. The van der Waals surface area contributed by atoms with E-state index in [1.807, 2.05) is 11.8 Å². The molecule has 1 unspecified atom stereocenters. The van der Waals surface area contributed by atoms with Crippen LogP contribution in [0.2, 0.25) is 0 Å². The van der Waals surface area contributed by atoms with Crippen molar-refractivity contribution in [1.29, 1.82) is 0 Å². The smallest absolute Gasteiger partial charge is 0.243 e. The topological polar surface area (TPSA) is 66.0 Å². The van der Waals surface area contributed by atoms with Gasteiger partial charge in [-0.1, -0.05) is 0 Å². The zero-order valence-corrected chi connectivity index (χ0v) is 14.5. The number of hydrogen-bond acceptors (Lipinski definition) is 4. The number of rotatable bonds is 5. The minimum atomic E-state index is 0.0170. The molecule has 1 atom stereocenters. The molecular formula is C15H28N4O2S. The monoisotopic (exact) mass is 328 g/mol. The summed E-state index contributed by atoms with van der Waals surface area (Å²) in [5, 5.41) is 7.52. The summed E-state index contributed by atoms with van der Waals surface area (Å²) in [7, 11) is 3.51. The molecule has 0 aromatic carbocycles. The van der Waals surface area contributed by atoms with E-state index < -0.39 is 0 Å². The van der Waals surface area contributed by atoms with E-state index in [2.05, 4.69) is 15.6 Å². The van der Waals surface area contributed by atoms with Crippen LogP contribution in [0.4, 0.5) is 0 Å². The Bertz CT molecular complexity index is 378. The average molecular weight is 328 g/mol. The molecule has 0 aromatic heterocycles. The first-order chi connectivity index (χ1) is 10.6. The minimum absolute atomic E-state index is 0.0170. The highest BCUT2D eigenvalue weighted by atomic mass is 32.2. The standard InChI is InChI=1S/C15H28N4O2S/c1-19(2)14(20)11-17-15(16-10-13-4-3-9-22-13)18-12-5-7-21-8-6-12/h12-13H,3-11H2,1-2H3,(H2,16,17,18). The van der Waals surface area contributed by atoms with Crippen LogP contribution in [0.1, 0.15) is 25.7 Å². The number of likely N-dealkylation sites (N-methyl/N-ethyl adjacent to an activating group) is 1. The summed E-state index contributed by atoms with van der Waals surface area (Å²) in [6.07, 6.45) is 4.54. The summed E-state index contributed by atoms with van der Waals surface area (Å²) in [6.45, 7) is 2.68. The van der Waals surface area contributed by atoms with Gasteiger partial charge in [0.25, 0.3) is 0 Å². The van der Waals surface area contributed by atoms with Crippen molar-refractivity contribution in [3.8, 4) is 0 Å². The van der Waals surface area contributed by atoms with Crippen LogP contribution < -0.4 is 10.6 Å². The van der Waals surface area contributed by atoms with Crippen molar-refractivity contribution < 1.29 is 9.53 Å². The highest BCUT2D eigenvalue weighted by Crippen LogP contribution is 2.25. The van der Waals surface area contributed by atoms with Crippen LogP contribution in [-0.2, 0) is 9.53 Å². The molecule has 0 spiro atoms. The average Bonchev–Trinajstić information content (AvgIpc) is 3.04. The number of carbonyl (C=O) groups is 1. The molecule has 0 radical (unpaired) electrons. The van der Waals surface area contributed by atoms with Crippen LogP contribution in [0.15, 0.2) is 4.99 Å². The number of nitrogens with one attached hydrogen (secondary N) is 2. The summed E-state index contributed by atoms with van der Waals surface area (Å²) in [6, 6.07) is 0.380. The van der Waals surface area contributed by atoms with Gasteiger partial charge in [0.2, 0.25) is 5.91 Å². The second-order valence-electron chi connectivity index (χ2n) is 6.00. The van der Waals surface area contributed by atoms with Crippen LogP contribution in [-0.4, -0.2) is 74.2 Å². The first-order valence-electron chi connectivity index (χ1n) is 8.09. The van der Waals surface area contributed by atoms with Gasteiger partial charge in [0.1, 0.15) is 6.54 Å². The molecule has 0 aliphatic carbocycles. The SMILES string of the molecule is CN(C)C(=O)CN=C(NCC1CCCS1)NC1CCOCC1. The van der Waals surface area contributed by atoms with Crippen molar-refractivity contribution in [2.24, 2.45) is 4.99 Å². The minimum Gasteiger partial charge on any atom is -0.381 e. The molecule has 0 aromatic rings. The van der Waals surface area contributed by atoms with Gasteiger partial charge in [-0.3, -0.25) is 4.79 Å². The van der Waals surface area contributed by atoms with E-state index in [4.69, 9.17) is 4.74 Å². The van der Waals surface area contributed by atoms with E-state index in [1.54, 1.807) is 19.0 Å². The summed E-state index contributed by atoms with van der Waals surface area (Å²) in [5.41, 5.74) is 0. The first kappa shape index (κ1) is 17.4. The number of guanidine groups is 1. The molecule has 2 rings (SSSR count). The number of hydrogen-bond donors (Lipinski definition) is 2. The third-order valence-corrected chi connectivity index (χ3v) is 5.35. The summed E-state index contributed by atoms with van der Waals surface area (Å²) >= 11 is 2.02. The number of thioether (sulfide) groups is 1. The number of nitrogens with zero attached hydrogens (tertiary/aromatic N) is 2. The number of aliphatic imine (C=N–C) groups is 1. The molecular weight excluding hydrogens is 300 g/mol. The molecule has 22 heavy (non-hydrogen) atoms. The summed E-state index contributed by atoms with van der Waals surface area (Å²) < 4.78 is 5.39. The molecule has 0 saturated carbocycles. The van der Waals surface area contributed by atoms with E-state index >= 15 is 0 Å². The van der Waals surface area contributed by atoms with Gasteiger partial charge >= 0.3 is 0 Å². The van der Waals surface area contributed by atoms with Crippen LogP contribution in [0.25, 0.3) is 0 Å². The van der Waals surface area contributed by atoms with Crippen molar-refractivity contribution in [2.75, 3.05) is 46.2 Å². The fourth-order valence-electron chi connectivity index (χ4n) is 2.49. The number of carbonyl (C=O) groups excluding carboxylic acids is 1. The third kappa shape index (κ3) is 6.04. The molecule has 2 heterocycles. The molecule has 2 saturated heterocycles. The molecule has 1 amide bonds. The lowest BCUT2D eigenvalue weighted by Crippen LogP contribution is -2.47. The second kappa shape index (κ2) is 9.25. The lowest BCUT2D eigenvalue weighted by molar-refractivity contribution is -0.127. The lowest BCUT2D eigenvalue weighted by atomic mass is 10.1. The Morgan fingerprint density at radius 2 is 2.09 bits per heavy atom. The maximum absolute atomic E-state index is 11.7. The third-order valence-electron chi connectivity index (χ3n) is 3.95. The molecule has 6 nitrogen and oxygen atoms in total. The highest BCUT2D eigenvalue weighted by molar-refractivity contribution is 8.00. The molecule has 0 bridgehead atoms. The largest absolute Gasteiger partial charge is 0.381 e. The van der Waals surface area contributed by atoms with Crippen LogP contribution in [0, 0.1) is 0 Å². The highest BCUT2D eigenvalue weighted by Gasteiger charge is 2.18. The Morgan fingerprint density at radius 3 is 2.73 bits per heavy atom. The molecule has 7 heteroatoms. The number of amides is 1. The summed E-state index contributed by atoms with van der Waals surface area (Å²) in [4.78, 5) is 17.8. The molecule has 2 fully saturated rings. The predicted octanol–water partition coefficient (Wildman–Crippen LogP) is 0.684. The van der Waals surface area contributed by atoms with Gasteiger partial charge in [-0.15, -0.1) is 0 Å². The first-order valence-corrected chi connectivity index (χ1v) is 9.14. The fourth-order valence-corrected chi connectivity index (χ4v) is 3.69. The van der Waals surface area contributed by atoms with E-state index in [0.717, 1.165) is 38.6 Å². The van der Waals surface area contributed by atoms with Crippen molar-refractivity contribution in [3.63, 3.8) is 0 Å². The Morgan fingerprint density at radius 1 is 1.32 bits per heavy atom. The van der Waals surface area contributed by atoms with Crippen LogP contribution >= 0.6 is 11.8 Å². The van der Waals surface area contributed by atoms with Crippen LogP contribution in [0.3, 0.4) is 0 Å². The van der Waals surface area contributed by atoms with Gasteiger partial charge in [0, 0.05) is 45.1 Å². The Kier molecular flexibility index (Phi) is 7.32. The quantitative estimate of drug-likeness (QED) is 0.574. The zero-order valence-electron chi connectivity index (χ0n) is 13.6. The zero-order chi connectivity index (χ0) is 15.8. The molecule has 2 aliphatic rings. The summed E-state index contributed by atoms with van der Waals surface area (Å²) in [5.74, 6) is 2.03. The van der Waals surface area contributed by atoms with E-state index in [-0.39, 0.29) is 12.5 Å². The lowest BCUT2D eigenvalue weighted by Gasteiger charge is -2.26. The second-order valence-corrected chi connectivity index (χ2v) is 7.41. The predicted molar refractivity (Wildman–Crippen MR) is 91.5 cm³/mol. The Hall–Kier alpha value is -0.950. The van der Waals surface area contributed by atoms with Gasteiger partial charge in [-0.2, -0.15) is 11.8 Å². The maximum atomic E-state index is 11.7. The maximum Gasteiger partial charge on any atom is 0.243 e. The number of ether oxygens (including phenoxy) is 1. The Balaban J connectivity index is 1.86. The van der Waals surface area contributed by atoms with Crippen molar-refractivity contribution in [3.05, 3.63) is 0 Å². The Labute approximate surface area is 137 Å². The fraction of sp³-hybridized carbons (Fsp3) is 0.867. The van der Waals surface area contributed by atoms with Crippen molar-refractivity contribution in [2.45, 2.75) is 37.0 Å². The van der Waals surface area contributed by atoms with Gasteiger partial charge < -0.3 is 20.3 Å². The van der Waals surface area contributed by atoms with Crippen molar-refractivity contribution >= 4 is 23.6 Å². The van der Waals surface area contributed by atoms with Crippen molar-refractivity contribution in [1.82, 2.24) is 15.5 Å². The van der Waals surface area contributed by atoms with Gasteiger partial charge in [0.15, 0.2) is 5.96 Å². The molecule has 126 valence electrons. The van der Waals surface area contributed by atoms with E-state index in [1.165, 1.54) is 18.6 Å². The van der Waals surface area contributed by atoms with Crippen LogP contribution in [0.5, 0.6) is 0 Å². The van der Waals surface area contributed by atoms with E-state index in [0.29, 0.717) is 11.3 Å².